The first-order chi connectivity index (χ1) is 14.5. The molecule has 31 heavy (non-hydrogen) atoms. The Balaban J connectivity index is 3.58. The van der Waals surface area contributed by atoms with Crippen molar-refractivity contribution in [3.8, 4) is 0 Å². The zero-order valence-electron chi connectivity index (χ0n) is 18.0. The van der Waals surface area contributed by atoms with Crippen LogP contribution in [0, 0.1) is 0 Å². The molecule has 3 unspecified atom stereocenters. The van der Waals surface area contributed by atoms with Gasteiger partial charge in [-0.1, -0.05) is 0 Å². The molecule has 12 nitrogen and oxygen atoms in total. The van der Waals surface area contributed by atoms with Gasteiger partial charge in [-0.15, -0.1) is 0 Å². The highest BCUT2D eigenvalue weighted by Crippen LogP contribution is 2.34. The van der Waals surface area contributed by atoms with Gasteiger partial charge in [0, 0.05) is 47.8 Å². The fourth-order valence-corrected chi connectivity index (χ4v) is 3.22. The van der Waals surface area contributed by atoms with Crippen molar-refractivity contribution in [2.75, 3.05) is 13.2 Å². The minimum Gasteiger partial charge on any atom is -0.455 e. The summed E-state index contributed by atoms with van der Waals surface area (Å²) in [6.45, 7) is 5.13. The molecule has 0 heterocycles. The van der Waals surface area contributed by atoms with E-state index in [1.165, 1.54) is 0 Å². The summed E-state index contributed by atoms with van der Waals surface area (Å²) in [5, 5.41) is 9.05. The third-order valence-electron chi connectivity index (χ3n) is 4.07. The van der Waals surface area contributed by atoms with Crippen LogP contribution in [0.2, 0.25) is 0 Å². The largest absolute Gasteiger partial charge is 0.455 e. The topological polar surface area (TPSA) is 161 Å². The van der Waals surface area contributed by atoms with E-state index in [0.717, 1.165) is 34.6 Å². The van der Waals surface area contributed by atoms with E-state index in [1.54, 1.807) is 0 Å². The number of aliphatic hydroxyl groups is 1. The van der Waals surface area contributed by atoms with Crippen LogP contribution in [0.25, 0.3) is 0 Å². The first kappa shape index (κ1) is 26.3. The predicted molar refractivity (Wildman–Crippen MR) is 99.2 cm³/mol. The standard InChI is InChI=1S/C19H28O12/c1-9(21)27-15-14(26-8-6-7-20)16(28-10(2)22)18(30-12(4)24)19(31-13(5)25)17(15)29-11(3)23/h14-20H,6-8H2,1-5H3/t14-,15+,16?,17?,18?,19+/m0/s1. The summed E-state index contributed by atoms with van der Waals surface area (Å²) >= 11 is 0. The Kier molecular flexibility index (Phi) is 10.4. The van der Waals surface area contributed by atoms with Gasteiger partial charge >= 0.3 is 29.8 Å². The molecule has 1 fully saturated rings. The Morgan fingerprint density at radius 1 is 0.548 bits per heavy atom. The van der Waals surface area contributed by atoms with E-state index in [0.29, 0.717) is 0 Å². The number of hydrogen-bond donors (Lipinski definition) is 1. The molecule has 1 saturated carbocycles. The summed E-state index contributed by atoms with van der Waals surface area (Å²) in [6.07, 6.45) is -8.24. The molecular weight excluding hydrogens is 420 g/mol. The molecule has 12 heteroatoms. The van der Waals surface area contributed by atoms with Crippen LogP contribution in [0.15, 0.2) is 0 Å². The lowest BCUT2D eigenvalue weighted by Gasteiger charge is -2.47. The van der Waals surface area contributed by atoms with Gasteiger partial charge < -0.3 is 33.5 Å². The molecule has 1 rings (SSSR count). The Labute approximate surface area is 179 Å². The summed E-state index contributed by atoms with van der Waals surface area (Å²) < 4.78 is 32.1. The molecule has 0 aliphatic heterocycles. The van der Waals surface area contributed by atoms with Crippen LogP contribution in [0.1, 0.15) is 41.0 Å². The van der Waals surface area contributed by atoms with Crippen LogP contribution in [0.3, 0.4) is 0 Å². The number of ether oxygens (including phenoxy) is 6. The normalized spacial score (nSPS) is 27.5. The molecule has 0 aromatic rings. The van der Waals surface area contributed by atoms with Gasteiger partial charge in [-0.25, -0.2) is 0 Å². The van der Waals surface area contributed by atoms with E-state index in [4.69, 9.17) is 33.5 Å². The summed E-state index contributed by atoms with van der Waals surface area (Å²) in [5.41, 5.74) is 0. The van der Waals surface area contributed by atoms with Crippen LogP contribution in [-0.2, 0) is 52.4 Å². The fourth-order valence-electron chi connectivity index (χ4n) is 3.22. The molecular formula is C19H28O12. The van der Waals surface area contributed by atoms with Crippen LogP contribution in [0.5, 0.6) is 0 Å². The molecule has 1 aliphatic rings. The number of hydrogen-bond acceptors (Lipinski definition) is 12. The number of rotatable bonds is 9. The molecule has 6 atom stereocenters. The number of carbonyl (C=O) groups is 5. The van der Waals surface area contributed by atoms with Gasteiger partial charge in [-0.2, -0.15) is 0 Å². The summed E-state index contributed by atoms with van der Waals surface area (Å²) in [7, 11) is 0. The average Bonchev–Trinajstić information content (AvgIpc) is 2.61. The highest BCUT2D eigenvalue weighted by atomic mass is 16.7. The number of esters is 5. The predicted octanol–water partition coefficient (Wildman–Crippen LogP) is -0.574. The molecule has 176 valence electrons. The highest BCUT2D eigenvalue weighted by Gasteiger charge is 2.59. The summed E-state index contributed by atoms with van der Waals surface area (Å²) in [6, 6.07) is 0. The monoisotopic (exact) mass is 448 g/mol. The Bertz CT molecular complexity index is 631. The average molecular weight is 448 g/mol. The van der Waals surface area contributed by atoms with Crippen molar-refractivity contribution < 1.29 is 57.5 Å². The van der Waals surface area contributed by atoms with Crippen LogP contribution >= 0.6 is 0 Å². The van der Waals surface area contributed by atoms with E-state index in [1.807, 2.05) is 0 Å². The molecule has 0 saturated heterocycles. The highest BCUT2D eigenvalue weighted by molar-refractivity contribution is 5.70. The molecule has 0 bridgehead atoms. The van der Waals surface area contributed by atoms with Gasteiger partial charge in [-0.3, -0.25) is 24.0 Å². The van der Waals surface area contributed by atoms with Crippen molar-refractivity contribution in [1.29, 1.82) is 0 Å². The van der Waals surface area contributed by atoms with Gasteiger partial charge in [0.2, 0.25) is 0 Å². The van der Waals surface area contributed by atoms with Gasteiger partial charge in [0.15, 0.2) is 30.5 Å². The minimum atomic E-state index is -1.48. The fraction of sp³-hybridized carbons (Fsp3) is 0.737. The third kappa shape index (κ3) is 8.13. The molecule has 1 aliphatic carbocycles. The van der Waals surface area contributed by atoms with Crippen LogP contribution < -0.4 is 0 Å². The maximum Gasteiger partial charge on any atom is 0.303 e. The van der Waals surface area contributed by atoms with Gasteiger partial charge in [0.05, 0.1) is 0 Å². The molecule has 0 amide bonds. The summed E-state index contributed by atoms with van der Waals surface area (Å²) in [4.78, 5) is 58.8. The Hall–Kier alpha value is -2.73. The van der Waals surface area contributed by atoms with E-state index in [-0.39, 0.29) is 19.6 Å². The van der Waals surface area contributed by atoms with Gasteiger partial charge in [0.1, 0.15) is 6.10 Å². The Morgan fingerprint density at radius 3 is 1.03 bits per heavy atom. The first-order valence-electron chi connectivity index (χ1n) is 9.56. The van der Waals surface area contributed by atoms with Crippen molar-refractivity contribution in [2.24, 2.45) is 0 Å². The molecule has 1 N–H and O–H groups in total. The van der Waals surface area contributed by atoms with Crippen LogP contribution in [0.4, 0.5) is 0 Å². The molecule has 0 radical (unpaired) electrons. The second-order valence-corrected chi connectivity index (χ2v) is 6.78. The lowest BCUT2D eigenvalue weighted by Crippen LogP contribution is -2.68. The smallest absolute Gasteiger partial charge is 0.303 e. The molecule has 0 spiro atoms. The number of aliphatic hydroxyl groups excluding tert-OH is 1. The van der Waals surface area contributed by atoms with Crippen molar-refractivity contribution >= 4 is 29.8 Å². The van der Waals surface area contributed by atoms with E-state index in [2.05, 4.69) is 0 Å². The maximum atomic E-state index is 11.8. The third-order valence-corrected chi connectivity index (χ3v) is 4.07. The van der Waals surface area contributed by atoms with Gasteiger partial charge in [-0.05, 0) is 6.42 Å². The minimum absolute atomic E-state index is 0.0610. The second kappa shape index (κ2) is 12.2. The number of carbonyl (C=O) groups excluding carboxylic acids is 5. The van der Waals surface area contributed by atoms with E-state index in [9.17, 15) is 24.0 Å². The SMILES string of the molecule is CC(=O)OC1C(OC(C)=O)[C@@H](OCCCO)[C@@H](OC(C)=O)C(OC(C)=O)[C@H]1OC(C)=O. The zero-order valence-corrected chi connectivity index (χ0v) is 18.0. The molecule has 0 aromatic heterocycles. The quantitative estimate of drug-likeness (QED) is 0.272. The zero-order chi connectivity index (χ0) is 23.7. The van der Waals surface area contributed by atoms with Crippen LogP contribution in [-0.4, -0.2) is 84.8 Å². The van der Waals surface area contributed by atoms with Crippen molar-refractivity contribution in [1.82, 2.24) is 0 Å². The van der Waals surface area contributed by atoms with E-state index < -0.39 is 66.5 Å². The Morgan fingerprint density at radius 2 is 0.806 bits per heavy atom. The van der Waals surface area contributed by atoms with Gasteiger partial charge in [0.25, 0.3) is 0 Å². The van der Waals surface area contributed by atoms with Crippen molar-refractivity contribution in [3.63, 3.8) is 0 Å². The second-order valence-electron chi connectivity index (χ2n) is 6.78. The summed E-state index contributed by atoms with van der Waals surface area (Å²) in [5.74, 6) is -4.00. The lowest BCUT2D eigenvalue weighted by atomic mass is 9.83. The van der Waals surface area contributed by atoms with E-state index >= 15 is 0 Å². The first-order valence-corrected chi connectivity index (χ1v) is 9.56. The van der Waals surface area contributed by atoms with Crippen molar-refractivity contribution in [2.45, 2.75) is 77.7 Å². The van der Waals surface area contributed by atoms with Crippen molar-refractivity contribution in [3.05, 3.63) is 0 Å². The lowest BCUT2D eigenvalue weighted by molar-refractivity contribution is -0.262. The molecule has 0 aromatic carbocycles. The maximum absolute atomic E-state index is 11.8.